The van der Waals surface area contributed by atoms with Gasteiger partial charge in [0.1, 0.15) is 0 Å². The first-order chi connectivity index (χ1) is 10.2. The molecule has 21 heavy (non-hydrogen) atoms. The van der Waals surface area contributed by atoms with Gasteiger partial charge in [0.2, 0.25) is 0 Å². The number of nitrogens with one attached hydrogen (secondary N) is 1. The van der Waals surface area contributed by atoms with E-state index in [9.17, 15) is 4.79 Å². The maximum absolute atomic E-state index is 12.0. The van der Waals surface area contributed by atoms with Crippen molar-refractivity contribution in [3.05, 3.63) is 65.4 Å². The molecule has 3 rings (SSSR count). The smallest absolute Gasteiger partial charge is 0.297 e. The highest BCUT2D eigenvalue weighted by atomic mass is 35.5. The molecule has 0 fully saturated rings. The Kier molecular flexibility index (Phi) is 3.66. The maximum atomic E-state index is 12.0. The molecule has 2 aromatic carbocycles. The van der Waals surface area contributed by atoms with Crippen LogP contribution in [-0.4, -0.2) is 16.0 Å². The van der Waals surface area contributed by atoms with Crippen molar-refractivity contribution in [2.24, 2.45) is 0 Å². The second-order valence-electron chi connectivity index (χ2n) is 4.25. The highest BCUT2D eigenvalue weighted by Gasteiger charge is 2.15. The van der Waals surface area contributed by atoms with Crippen molar-refractivity contribution in [3.8, 4) is 11.5 Å². The lowest BCUT2D eigenvalue weighted by molar-refractivity contribution is 0.101. The van der Waals surface area contributed by atoms with Gasteiger partial charge in [-0.05, 0) is 36.4 Å². The van der Waals surface area contributed by atoms with E-state index < -0.39 is 5.91 Å². The fourth-order valence-corrected chi connectivity index (χ4v) is 1.86. The number of hydrogen-bond acceptors (Lipinski definition) is 4. The summed E-state index contributed by atoms with van der Waals surface area (Å²) in [7, 11) is 0. The molecule has 104 valence electrons. The van der Waals surface area contributed by atoms with Crippen LogP contribution >= 0.6 is 11.6 Å². The van der Waals surface area contributed by atoms with Crippen LogP contribution in [0.2, 0.25) is 5.02 Å². The van der Waals surface area contributed by atoms with Gasteiger partial charge in [-0.3, -0.25) is 4.79 Å². The predicted octanol–water partition coefficient (Wildman–Crippen LogP) is 3.64. The number of nitrogens with zero attached hydrogens (tertiary/aromatic N) is 2. The molecule has 0 unspecified atom stereocenters. The molecule has 0 aliphatic carbocycles. The van der Waals surface area contributed by atoms with Gasteiger partial charge in [0.05, 0.1) is 0 Å². The zero-order valence-corrected chi connectivity index (χ0v) is 11.5. The van der Waals surface area contributed by atoms with Gasteiger partial charge in [-0.1, -0.05) is 35.0 Å². The van der Waals surface area contributed by atoms with E-state index in [2.05, 4.69) is 15.5 Å². The molecule has 1 aromatic heterocycles. The van der Waals surface area contributed by atoms with Gasteiger partial charge in [-0.2, -0.15) is 4.98 Å². The van der Waals surface area contributed by atoms with Crippen molar-refractivity contribution in [1.82, 2.24) is 10.1 Å². The van der Waals surface area contributed by atoms with Crippen molar-refractivity contribution in [3.63, 3.8) is 0 Å². The number of anilines is 1. The average molecular weight is 300 g/mol. The summed E-state index contributed by atoms with van der Waals surface area (Å²) in [5.41, 5.74) is 1.37. The minimum Gasteiger partial charge on any atom is -0.333 e. The highest BCUT2D eigenvalue weighted by molar-refractivity contribution is 6.30. The third-order valence-electron chi connectivity index (χ3n) is 2.75. The summed E-state index contributed by atoms with van der Waals surface area (Å²) in [6.45, 7) is 0. The first-order valence-corrected chi connectivity index (χ1v) is 6.56. The quantitative estimate of drug-likeness (QED) is 0.801. The van der Waals surface area contributed by atoms with Crippen LogP contribution in [0.4, 0.5) is 5.69 Å². The number of carbonyl (C=O) groups is 1. The summed E-state index contributed by atoms with van der Waals surface area (Å²) < 4.78 is 5.09. The first-order valence-electron chi connectivity index (χ1n) is 6.18. The second-order valence-corrected chi connectivity index (χ2v) is 4.69. The van der Waals surface area contributed by atoms with E-state index in [1.165, 1.54) is 0 Å². The molecule has 0 spiro atoms. The summed E-state index contributed by atoms with van der Waals surface area (Å²) in [6, 6.07) is 16.0. The Morgan fingerprint density at radius 2 is 1.76 bits per heavy atom. The number of rotatable bonds is 3. The largest absolute Gasteiger partial charge is 0.333 e. The molecule has 1 heterocycles. The van der Waals surface area contributed by atoms with Gasteiger partial charge >= 0.3 is 0 Å². The Morgan fingerprint density at radius 3 is 2.48 bits per heavy atom. The Morgan fingerprint density at radius 1 is 1.05 bits per heavy atom. The zero-order valence-electron chi connectivity index (χ0n) is 10.8. The number of aromatic nitrogens is 2. The summed E-state index contributed by atoms with van der Waals surface area (Å²) >= 11 is 5.78. The maximum Gasteiger partial charge on any atom is 0.297 e. The van der Waals surface area contributed by atoms with E-state index in [-0.39, 0.29) is 5.82 Å². The topological polar surface area (TPSA) is 68.0 Å². The minimum atomic E-state index is -0.441. The molecular weight excluding hydrogens is 290 g/mol. The van der Waals surface area contributed by atoms with Crippen LogP contribution in [-0.2, 0) is 0 Å². The van der Waals surface area contributed by atoms with Crippen molar-refractivity contribution < 1.29 is 9.32 Å². The van der Waals surface area contributed by atoms with Crippen LogP contribution in [0.1, 0.15) is 10.6 Å². The Labute approximate surface area is 125 Å². The third kappa shape index (κ3) is 3.09. The molecule has 1 amide bonds. The van der Waals surface area contributed by atoms with E-state index in [1.807, 2.05) is 30.3 Å². The summed E-state index contributed by atoms with van der Waals surface area (Å²) in [5, 5.41) is 6.95. The van der Waals surface area contributed by atoms with E-state index in [0.717, 1.165) is 5.56 Å². The average Bonchev–Trinajstić information content (AvgIpc) is 3.00. The number of halogens is 1. The molecule has 6 heteroatoms. The van der Waals surface area contributed by atoms with Gasteiger partial charge in [0, 0.05) is 16.3 Å². The fourth-order valence-electron chi connectivity index (χ4n) is 1.73. The highest BCUT2D eigenvalue weighted by Crippen LogP contribution is 2.17. The predicted molar refractivity (Wildman–Crippen MR) is 79.1 cm³/mol. The van der Waals surface area contributed by atoms with E-state index in [4.69, 9.17) is 16.1 Å². The molecule has 5 nitrogen and oxygen atoms in total. The lowest BCUT2D eigenvalue weighted by Gasteiger charge is -2.01. The molecule has 0 saturated heterocycles. The molecule has 0 bridgehead atoms. The number of benzene rings is 2. The molecule has 0 atom stereocenters. The number of hydrogen-bond donors (Lipinski definition) is 1. The van der Waals surface area contributed by atoms with Gasteiger partial charge in [0.25, 0.3) is 17.6 Å². The van der Waals surface area contributed by atoms with E-state index in [0.29, 0.717) is 16.6 Å². The van der Waals surface area contributed by atoms with Crippen LogP contribution in [0.3, 0.4) is 0 Å². The van der Waals surface area contributed by atoms with Crippen LogP contribution in [0.15, 0.2) is 59.1 Å². The first kappa shape index (κ1) is 13.3. The Hall–Kier alpha value is -2.66. The molecule has 0 saturated carbocycles. The lowest BCUT2D eigenvalue weighted by atomic mass is 10.2. The summed E-state index contributed by atoms with van der Waals surface area (Å²) in [4.78, 5) is 16.1. The summed E-state index contributed by atoms with van der Waals surface area (Å²) in [6.07, 6.45) is 0. The third-order valence-corrected chi connectivity index (χ3v) is 3.00. The van der Waals surface area contributed by atoms with E-state index in [1.54, 1.807) is 24.3 Å². The van der Waals surface area contributed by atoms with Crippen molar-refractivity contribution >= 4 is 23.2 Å². The van der Waals surface area contributed by atoms with Gasteiger partial charge in [-0.15, -0.1) is 0 Å². The van der Waals surface area contributed by atoms with Crippen LogP contribution in [0.5, 0.6) is 0 Å². The molecular formula is C15H10ClN3O2. The fraction of sp³-hybridized carbons (Fsp3) is 0. The van der Waals surface area contributed by atoms with Gasteiger partial charge in [0.15, 0.2) is 0 Å². The molecule has 0 radical (unpaired) electrons. The molecule has 0 aliphatic heterocycles. The zero-order chi connectivity index (χ0) is 14.7. The molecule has 0 aliphatic rings. The van der Waals surface area contributed by atoms with Crippen LogP contribution in [0, 0.1) is 0 Å². The van der Waals surface area contributed by atoms with Crippen molar-refractivity contribution in [2.45, 2.75) is 0 Å². The van der Waals surface area contributed by atoms with Crippen LogP contribution < -0.4 is 5.32 Å². The monoisotopic (exact) mass is 299 g/mol. The van der Waals surface area contributed by atoms with Crippen molar-refractivity contribution in [1.29, 1.82) is 0 Å². The normalized spacial score (nSPS) is 10.3. The Bertz CT molecular complexity index is 754. The number of carbonyl (C=O) groups excluding carboxylic acids is 1. The lowest BCUT2D eigenvalue weighted by Crippen LogP contribution is -2.13. The van der Waals surface area contributed by atoms with Gasteiger partial charge < -0.3 is 9.84 Å². The van der Waals surface area contributed by atoms with Crippen LogP contribution in [0.25, 0.3) is 11.5 Å². The van der Waals surface area contributed by atoms with Crippen molar-refractivity contribution in [2.75, 3.05) is 5.32 Å². The second kappa shape index (κ2) is 5.76. The SMILES string of the molecule is O=C(Nc1ccc(Cl)cc1)c1noc(-c2ccccc2)n1. The summed E-state index contributed by atoms with van der Waals surface area (Å²) in [5.74, 6) is -0.163. The van der Waals surface area contributed by atoms with E-state index >= 15 is 0 Å². The molecule has 1 N–H and O–H groups in total. The van der Waals surface area contributed by atoms with Gasteiger partial charge in [-0.25, -0.2) is 0 Å². The Balaban J connectivity index is 1.77. The number of amides is 1. The minimum absolute atomic E-state index is 0.0243. The standard InChI is InChI=1S/C15H10ClN3O2/c16-11-6-8-12(9-7-11)17-14(20)13-18-15(21-19-13)10-4-2-1-3-5-10/h1-9H,(H,17,20). The molecule has 3 aromatic rings.